The Balaban J connectivity index is 1.84. The zero-order valence-corrected chi connectivity index (χ0v) is 16.5. The van der Waals surface area contributed by atoms with Gasteiger partial charge in [0.05, 0.1) is 17.6 Å². The number of carbonyl (C=O) groups is 1. The summed E-state index contributed by atoms with van der Waals surface area (Å²) in [6.45, 7) is 6.69. The third-order valence-electron chi connectivity index (χ3n) is 4.58. The highest BCUT2D eigenvalue weighted by molar-refractivity contribution is 7.89. The Morgan fingerprint density at radius 3 is 2.70 bits per heavy atom. The van der Waals surface area contributed by atoms with Crippen molar-refractivity contribution < 1.29 is 17.9 Å². The molecule has 0 bridgehead atoms. The highest BCUT2D eigenvalue weighted by atomic mass is 32.2. The van der Waals surface area contributed by atoms with E-state index in [1.165, 1.54) is 16.4 Å². The Labute approximate surface area is 160 Å². The van der Waals surface area contributed by atoms with Gasteiger partial charge in [-0.1, -0.05) is 18.2 Å². The van der Waals surface area contributed by atoms with E-state index in [4.69, 9.17) is 4.74 Å². The minimum Gasteiger partial charge on any atom is -0.376 e. The van der Waals surface area contributed by atoms with Crippen LogP contribution in [0.25, 0.3) is 0 Å². The molecule has 2 aromatic carbocycles. The van der Waals surface area contributed by atoms with Crippen LogP contribution in [0.1, 0.15) is 28.4 Å². The van der Waals surface area contributed by atoms with Crippen LogP contribution in [0.5, 0.6) is 0 Å². The molecule has 1 fully saturated rings. The van der Waals surface area contributed by atoms with Crippen molar-refractivity contribution in [1.29, 1.82) is 0 Å². The van der Waals surface area contributed by atoms with Crippen LogP contribution in [0, 0.1) is 13.8 Å². The van der Waals surface area contributed by atoms with Gasteiger partial charge in [-0.3, -0.25) is 4.79 Å². The smallest absolute Gasteiger partial charge is 0.255 e. The normalized spacial score (nSPS) is 18.3. The van der Waals surface area contributed by atoms with E-state index >= 15 is 0 Å². The summed E-state index contributed by atoms with van der Waals surface area (Å²) in [5, 5.41) is 2.87. The van der Waals surface area contributed by atoms with Crippen molar-refractivity contribution in [3.63, 3.8) is 0 Å². The van der Waals surface area contributed by atoms with Crippen molar-refractivity contribution in [3.05, 3.63) is 59.2 Å². The van der Waals surface area contributed by atoms with Gasteiger partial charge >= 0.3 is 0 Å². The first kappa shape index (κ1) is 19.5. The van der Waals surface area contributed by atoms with E-state index in [-0.39, 0.29) is 16.9 Å². The molecule has 0 aromatic heterocycles. The number of nitrogens with zero attached hydrogens (tertiary/aromatic N) is 1. The molecule has 1 N–H and O–H groups in total. The van der Waals surface area contributed by atoms with Crippen molar-refractivity contribution in [2.24, 2.45) is 0 Å². The van der Waals surface area contributed by atoms with Crippen molar-refractivity contribution in [2.45, 2.75) is 31.8 Å². The Morgan fingerprint density at radius 1 is 1.19 bits per heavy atom. The summed E-state index contributed by atoms with van der Waals surface area (Å²) < 4.78 is 32.6. The molecule has 1 saturated heterocycles. The molecule has 1 unspecified atom stereocenters. The molecule has 0 aliphatic carbocycles. The van der Waals surface area contributed by atoms with Gasteiger partial charge in [0, 0.05) is 24.3 Å². The van der Waals surface area contributed by atoms with Crippen LogP contribution in [-0.2, 0) is 14.8 Å². The Morgan fingerprint density at radius 2 is 1.96 bits per heavy atom. The molecule has 144 valence electrons. The van der Waals surface area contributed by atoms with E-state index in [0.29, 0.717) is 25.3 Å². The second-order valence-electron chi connectivity index (χ2n) is 6.84. The van der Waals surface area contributed by atoms with Crippen molar-refractivity contribution in [2.75, 3.05) is 25.0 Å². The second kappa shape index (κ2) is 7.80. The summed E-state index contributed by atoms with van der Waals surface area (Å²) in [6.07, 6.45) is -0.149. The summed E-state index contributed by atoms with van der Waals surface area (Å²) in [6, 6.07) is 12.0. The molecule has 0 spiro atoms. The van der Waals surface area contributed by atoms with Crippen LogP contribution in [0.15, 0.2) is 47.4 Å². The van der Waals surface area contributed by atoms with Crippen LogP contribution in [0.3, 0.4) is 0 Å². The number of nitrogens with one attached hydrogen (secondary N) is 1. The molecule has 1 aliphatic heterocycles. The number of ether oxygens (including phenoxy) is 1. The molecule has 1 amide bonds. The number of hydrogen-bond acceptors (Lipinski definition) is 4. The fraction of sp³-hybridized carbons (Fsp3) is 0.350. The summed E-state index contributed by atoms with van der Waals surface area (Å²) >= 11 is 0. The van der Waals surface area contributed by atoms with Gasteiger partial charge < -0.3 is 10.1 Å². The van der Waals surface area contributed by atoms with Crippen LogP contribution in [0.4, 0.5) is 5.69 Å². The lowest BCUT2D eigenvalue weighted by molar-refractivity contribution is 0.0102. The van der Waals surface area contributed by atoms with Gasteiger partial charge in [-0.15, -0.1) is 0 Å². The minimum absolute atomic E-state index is 0.116. The van der Waals surface area contributed by atoms with Crippen molar-refractivity contribution in [1.82, 2.24) is 4.31 Å². The number of aryl methyl sites for hydroxylation is 2. The average Bonchev–Trinajstić information content (AvgIpc) is 2.65. The van der Waals surface area contributed by atoms with E-state index in [1.807, 2.05) is 39.0 Å². The number of morpholine rings is 1. The second-order valence-corrected chi connectivity index (χ2v) is 8.78. The van der Waals surface area contributed by atoms with Gasteiger partial charge in [-0.25, -0.2) is 8.42 Å². The fourth-order valence-corrected chi connectivity index (χ4v) is 4.56. The van der Waals surface area contributed by atoms with Crippen molar-refractivity contribution >= 4 is 21.6 Å². The van der Waals surface area contributed by atoms with E-state index in [2.05, 4.69) is 5.32 Å². The summed E-state index contributed by atoms with van der Waals surface area (Å²) in [4.78, 5) is 12.8. The first-order valence-electron chi connectivity index (χ1n) is 8.88. The molecule has 27 heavy (non-hydrogen) atoms. The number of sulfonamides is 1. The lowest BCUT2D eigenvalue weighted by Crippen LogP contribution is -2.44. The van der Waals surface area contributed by atoms with E-state index in [1.54, 1.807) is 12.1 Å². The maximum absolute atomic E-state index is 12.9. The molecule has 1 aliphatic rings. The molecule has 0 saturated carbocycles. The lowest BCUT2D eigenvalue weighted by atomic mass is 10.1. The zero-order valence-electron chi connectivity index (χ0n) is 15.7. The van der Waals surface area contributed by atoms with Crippen LogP contribution < -0.4 is 5.32 Å². The quantitative estimate of drug-likeness (QED) is 0.874. The standard InChI is InChI=1S/C20H24N2O4S/c1-14-7-8-15(2)19(11-14)21-20(23)17-5-4-6-18(12-17)27(24,25)22-9-10-26-16(3)13-22/h4-8,11-12,16H,9-10,13H2,1-3H3,(H,21,23). The zero-order chi connectivity index (χ0) is 19.6. The molecular formula is C20H24N2O4S. The van der Waals surface area contributed by atoms with Gasteiger partial charge in [-0.05, 0) is 56.2 Å². The average molecular weight is 388 g/mol. The molecular weight excluding hydrogens is 364 g/mol. The van der Waals surface area contributed by atoms with Gasteiger partial charge in [0.25, 0.3) is 5.91 Å². The molecule has 1 atom stereocenters. The van der Waals surface area contributed by atoms with Crippen LogP contribution in [-0.4, -0.2) is 44.4 Å². The first-order valence-corrected chi connectivity index (χ1v) is 10.3. The molecule has 6 nitrogen and oxygen atoms in total. The molecule has 0 radical (unpaired) electrons. The largest absolute Gasteiger partial charge is 0.376 e. The topological polar surface area (TPSA) is 75.7 Å². The van der Waals surface area contributed by atoms with Gasteiger partial charge in [0.15, 0.2) is 0 Å². The molecule has 1 heterocycles. The van der Waals surface area contributed by atoms with E-state index in [0.717, 1.165) is 16.8 Å². The highest BCUT2D eigenvalue weighted by Crippen LogP contribution is 2.21. The molecule has 7 heteroatoms. The number of hydrogen-bond donors (Lipinski definition) is 1. The number of anilines is 1. The summed E-state index contributed by atoms with van der Waals surface area (Å²) in [5.41, 5.74) is 3.00. The predicted molar refractivity (Wildman–Crippen MR) is 104 cm³/mol. The van der Waals surface area contributed by atoms with E-state index < -0.39 is 10.0 Å². The number of carbonyl (C=O) groups excluding carboxylic acids is 1. The SMILES string of the molecule is Cc1ccc(C)c(NC(=O)c2cccc(S(=O)(=O)N3CCOC(C)C3)c2)c1. The fourth-order valence-electron chi connectivity index (χ4n) is 3.02. The highest BCUT2D eigenvalue weighted by Gasteiger charge is 2.29. The molecule has 2 aromatic rings. The maximum Gasteiger partial charge on any atom is 0.255 e. The Hall–Kier alpha value is -2.22. The maximum atomic E-state index is 12.9. The van der Waals surface area contributed by atoms with Gasteiger partial charge in [0.1, 0.15) is 0 Å². The van der Waals surface area contributed by atoms with Gasteiger partial charge in [-0.2, -0.15) is 4.31 Å². The van der Waals surface area contributed by atoms with Crippen molar-refractivity contribution in [3.8, 4) is 0 Å². The van der Waals surface area contributed by atoms with Crippen LogP contribution >= 0.6 is 0 Å². The third-order valence-corrected chi connectivity index (χ3v) is 6.44. The number of rotatable bonds is 4. The number of benzene rings is 2. The van der Waals surface area contributed by atoms with Gasteiger partial charge in [0.2, 0.25) is 10.0 Å². The predicted octanol–water partition coefficient (Wildman–Crippen LogP) is 2.97. The summed E-state index contributed by atoms with van der Waals surface area (Å²) in [5.74, 6) is -0.337. The van der Waals surface area contributed by atoms with E-state index in [9.17, 15) is 13.2 Å². The molecule has 3 rings (SSSR count). The number of amides is 1. The third kappa shape index (κ3) is 4.37. The van der Waals surface area contributed by atoms with Crippen LogP contribution in [0.2, 0.25) is 0 Å². The minimum atomic E-state index is -3.67. The lowest BCUT2D eigenvalue weighted by Gasteiger charge is -2.30. The Kier molecular flexibility index (Phi) is 5.64. The first-order chi connectivity index (χ1) is 12.8. The Bertz CT molecular complexity index is 956. The summed E-state index contributed by atoms with van der Waals surface area (Å²) in [7, 11) is -3.67. The monoisotopic (exact) mass is 388 g/mol.